The van der Waals surface area contributed by atoms with E-state index in [2.05, 4.69) is 96.4 Å². The van der Waals surface area contributed by atoms with Gasteiger partial charge in [0, 0.05) is 24.4 Å². The molecule has 0 atom stereocenters. The minimum Gasteiger partial charge on any atom is -0.143 e. The Bertz CT molecular complexity index is 1660. The Morgan fingerprint density at radius 3 is 1.77 bits per heavy atom. The topological polar surface area (TPSA) is 0 Å². The van der Waals surface area contributed by atoms with Crippen molar-refractivity contribution in [1.82, 2.24) is 0 Å². The molecule has 0 saturated carbocycles. The van der Waals surface area contributed by atoms with E-state index in [-0.39, 0.29) is 0 Å². The molecule has 3 heteroatoms. The van der Waals surface area contributed by atoms with Crippen molar-refractivity contribution in [1.29, 1.82) is 0 Å². The Morgan fingerprint density at radius 2 is 1.03 bits per heavy atom. The Balaban J connectivity index is 1.39. The molecule has 146 valence electrons. The molecule has 7 aromatic rings. The lowest BCUT2D eigenvalue weighted by Crippen LogP contribution is -1.85. The fraction of sp³-hybridized carbons (Fsp3) is 0. The Labute approximate surface area is 192 Å². The van der Waals surface area contributed by atoms with Crippen LogP contribution in [0.1, 0.15) is 0 Å². The highest BCUT2D eigenvalue weighted by molar-refractivity contribution is 7.27. The minimum absolute atomic E-state index is 1.32. The first-order valence-electron chi connectivity index (χ1n) is 10.3. The zero-order valence-electron chi connectivity index (χ0n) is 16.5. The van der Waals surface area contributed by atoms with Gasteiger partial charge >= 0.3 is 0 Å². The lowest BCUT2D eigenvalue weighted by molar-refractivity contribution is 1.77. The molecule has 4 aromatic carbocycles. The van der Waals surface area contributed by atoms with E-state index in [1.807, 2.05) is 22.7 Å². The molecule has 0 aliphatic heterocycles. The highest BCUT2D eigenvalue weighted by Gasteiger charge is 2.14. The van der Waals surface area contributed by atoms with Crippen molar-refractivity contribution in [2.24, 2.45) is 0 Å². The summed E-state index contributed by atoms with van der Waals surface area (Å²) in [7, 11) is 0. The largest absolute Gasteiger partial charge is 0.143 e. The molecule has 0 aliphatic rings. The SMILES string of the molecule is c1csc(-c2ccc(-c3ccc(-c4ccc5ccc6cccc7ccc4c5c67)s3)s2)c1. The summed E-state index contributed by atoms with van der Waals surface area (Å²) in [5.74, 6) is 0. The fourth-order valence-electron chi connectivity index (χ4n) is 4.59. The average Bonchev–Trinajstić information content (AvgIpc) is 3.58. The number of benzene rings is 4. The molecule has 31 heavy (non-hydrogen) atoms. The molecule has 3 aromatic heterocycles. The predicted octanol–water partition coefficient (Wildman–Crippen LogP) is 9.77. The van der Waals surface area contributed by atoms with Gasteiger partial charge in [0.15, 0.2) is 0 Å². The van der Waals surface area contributed by atoms with Crippen molar-refractivity contribution in [2.45, 2.75) is 0 Å². The van der Waals surface area contributed by atoms with Gasteiger partial charge in [0.05, 0.1) is 0 Å². The van der Waals surface area contributed by atoms with Crippen LogP contribution in [0, 0.1) is 0 Å². The van der Waals surface area contributed by atoms with E-state index in [0.29, 0.717) is 0 Å². The molecule has 0 aliphatic carbocycles. The van der Waals surface area contributed by atoms with E-state index in [9.17, 15) is 0 Å². The van der Waals surface area contributed by atoms with Crippen molar-refractivity contribution in [3.63, 3.8) is 0 Å². The van der Waals surface area contributed by atoms with Crippen LogP contribution in [-0.2, 0) is 0 Å². The third-order valence-electron chi connectivity index (χ3n) is 6.01. The van der Waals surface area contributed by atoms with Gasteiger partial charge in [0.2, 0.25) is 0 Å². The maximum atomic E-state index is 2.30. The van der Waals surface area contributed by atoms with Gasteiger partial charge in [-0.1, -0.05) is 60.7 Å². The summed E-state index contributed by atoms with van der Waals surface area (Å²) < 4.78 is 0. The minimum atomic E-state index is 1.32. The summed E-state index contributed by atoms with van der Waals surface area (Å²) >= 11 is 5.58. The number of thiophene rings is 3. The van der Waals surface area contributed by atoms with Gasteiger partial charge in [-0.15, -0.1) is 34.0 Å². The molecule has 0 radical (unpaired) electrons. The van der Waals surface area contributed by atoms with E-state index in [1.54, 1.807) is 11.3 Å². The first-order chi connectivity index (χ1) is 15.3. The van der Waals surface area contributed by atoms with Crippen LogP contribution in [0.15, 0.2) is 96.4 Å². The van der Waals surface area contributed by atoms with Gasteiger partial charge in [-0.05, 0) is 73.6 Å². The fourth-order valence-corrected chi connectivity index (χ4v) is 7.56. The lowest BCUT2D eigenvalue weighted by atomic mass is 9.91. The molecule has 7 rings (SSSR count). The summed E-state index contributed by atoms with van der Waals surface area (Å²) in [5, 5.41) is 10.2. The van der Waals surface area contributed by atoms with Crippen LogP contribution in [-0.4, -0.2) is 0 Å². The molecule has 0 nitrogen and oxygen atoms in total. The zero-order valence-corrected chi connectivity index (χ0v) is 18.9. The van der Waals surface area contributed by atoms with Crippen LogP contribution in [0.3, 0.4) is 0 Å². The smallest absolute Gasteiger partial charge is 0.0449 e. The van der Waals surface area contributed by atoms with Gasteiger partial charge < -0.3 is 0 Å². The van der Waals surface area contributed by atoms with Crippen molar-refractivity contribution < 1.29 is 0 Å². The normalized spacial score (nSPS) is 11.9. The predicted molar refractivity (Wildman–Crippen MR) is 140 cm³/mol. The van der Waals surface area contributed by atoms with Crippen molar-refractivity contribution >= 4 is 66.3 Å². The summed E-state index contributed by atoms with van der Waals surface area (Å²) in [6.07, 6.45) is 0. The van der Waals surface area contributed by atoms with E-state index in [0.717, 1.165) is 0 Å². The number of rotatable bonds is 3. The number of hydrogen-bond donors (Lipinski definition) is 0. The van der Waals surface area contributed by atoms with E-state index in [4.69, 9.17) is 0 Å². The van der Waals surface area contributed by atoms with Crippen LogP contribution in [0.5, 0.6) is 0 Å². The van der Waals surface area contributed by atoms with Gasteiger partial charge in [0.1, 0.15) is 0 Å². The van der Waals surface area contributed by atoms with Crippen LogP contribution in [0.4, 0.5) is 0 Å². The van der Waals surface area contributed by atoms with Gasteiger partial charge in [0.25, 0.3) is 0 Å². The molecule has 0 N–H and O–H groups in total. The monoisotopic (exact) mass is 448 g/mol. The Kier molecular flexibility index (Phi) is 3.85. The summed E-state index contributed by atoms with van der Waals surface area (Å²) in [4.78, 5) is 6.72. The maximum absolute atomic E-state index is 2.30. The van der Waals surface area contributed by atoms with E-state index < -0.39 is 0 Å². The summed E-state index contributed by atoms with van der Waals surface area (Å²) in [6, 6.07) is 33.7. The molecular weight excluding hydrogens is 433 g/mol. The first kappa shape index (κ1) is 17.7. The van der Waals surface area contributed by atoms with Crippen molar-refractivity contribution in [3.8, 4) is 29.9 Å². The Hall–Kier alpha value is -2.98. The van der Waals surface area contributed by atoms with Crippen molar-refractivity contribution in [3.05, 3.63) is 96.4 Å². The van der Waals surface area contributed by atoms with Gasteiger partial charge in [-0.2, -0.15) is 0 Å². The molecular formula is C28H16S3. The van der Waals surface area contributed by atoms with Crippen LogP contribution in [0.25, 0.3) is 62.3 Å². The third kappa shape index (κ3) is 2.71. The molecule has 0 spiro atoms. The van der Waals surface area contributed by atoms with Crippen LogP contribution >= 0.6 is 34.0 Å². The second kappa shape index (κ2) is 6.76. The van der Waals surface area contributed by atoms with E-state index in [1.165, 1.54) is 62.3 Å². The molecule has 0 fully saturated rings. The molecule has 0 bridgehead atoms. The third-order valence-corrected chi connectivity index (χ3v) is 9.48. The summed E-state index contributed by atoms with van der Waals surface area (Å²) in [5.41, 5.74) is 1.33. The standard InChI is InChI=1S/C28H16S3/c1-3-17-6-7-19-8-10-20(21-11-9-18(4-1)27(17)28(19)21)22-12-13-25(30-22)26-15-14-24(31-26)23-5-2-16-29-23/h1-16H. The molecule has 0 saturated heterocycles. The molecule has 0 unspecified atom stereocenters. The zero-order chi connectivity index (χ0) is 20.4. The first-order valence-corrected chi connectivity index (χ1v) is 12.8. The highest BCUT2D eigenvalue weighted by Crippen LogP contribution is 2.44. The molecule has 3 heterocycles. The van der Waals surface area contributed by atoms with Crippen LogP contribution < -0.4 is 0 Å². The summed E-state index contributed by atoms with van der Waals surface area (Å²) in [6.45, 7) is 0. The second-order valence-electron chi connectivity index (χ2n) is 7.77. The van der Waals surface area contributed by atoms with Gasteiger partial charge in [-0.3, -0.25) is 0 Å². The molecule has 0 amide bonds. The van der Waals surface area contributed by atoms with Crippen LogP contribution in [0.2, 0.25) is 0 Å². The number of hydrogen-bond acceptors (Lipinski definition) is 3. The average molecular weight is 449 g/mol. The maximum Gasteiger partial charge on any atom is 0.0449 e. The lowest BCUT2D eigenvalue weighted by Gasteiger charge is -2.13. The Morgan fingerprint density at radius 1 is 0.419 bits per heavy atom. The van der Waals surface area contributed by atoms with Crippen molar-refractivity contribution in [2.75, 3.05) is 0 Å². The quantitative estimate of drug-likeness (QED) is 0.236. The van der Waals surface area contributed by atoms with Gasteiger partial charge in [-0.25, -0.2) is 0 Å². The van der Waals surface area contributed by atoms with E-state index >= 15 is 0 Å². The second-order valence-corrected chi connectivity index (χ2v) is 10.9. The highest BCUT2D eigenvalue weighted by atomic mass is 32.1.